The summed E-state index contributed by atoms with van der Waals surface area (Å²) in [7, 11) is 0. The van der Waals surface area contributed by atoms with Gasteiger partial charge in [0.2, 0.25) is 0 Å². The van der Waals surface area contributed by atoms with Crippen LogP contribution in [-0.2, 0) is 0 Å². The third kappa shape index (κ3) is 3.26. The van der Waals surface area contributed by atoms with E-state index in [2.05, 4.69) is 15.3 Å². The summed E-state index contributed by atoms with van der Waals surface area (Å²) in [5.41, 5.74) is 0.863. The number of phenols is 1. The van der Waals surface area contributed by atoms with Crippen molar-refractivity contribution in [1.29, 1.82) is 0 Å². The second-order valence-electron chi connectivity index (χ2n) is 5.69. The van der Waals surface area contributed by atoms with E-state index in [1.54, 1.807) is 26.0 Å². The molecule has 7 nitrogen and oxygen atoms in total. The molecule has 8 heteroatoms. The van der Waals surface area contributed by atoms with Gasteiger partial charge in [-0.05, 0) is 37.1 Å². The summed E-state index contributed by atoms with van der Waals surface area (Å²) in [6.45, 7) is 3.05. The summed E-state index contributed by atoms with van der Waals surface area (Å²) >= 11 is 1.14. The molecule has 3 aromatic rings. The molecule has 130 valence electrons. The van der Waals surface area contributed by atoms with E-state index in [0.717, 1.165) is 11.3 Å². The molecule has 1 amide bonds. The molecular formula is C17H17N3O4S. The Kier molecular flexibility index (Phi) is 4.56. The SMILES string of the molecule is Cc1nc2sc(C(=O)NC(CO)c3cccc(O)c3)c(C)c2c(=O)[nH]1. The van der Waals surface area contributed by atoms with Crippen LogP contribution in [0, 0.1) is 13.8 Å². The molecule has 0 saturated carbocycles. The maximum Gasteiger partial charge on any atom is 0.262 e. The number of carbonyl (C=O) groups excluding carboxylic acids is 1. The predicted molar refractivity (Wildman–Crippen MR) is 95.1 cm³/mol. The van der Waals surface area contributed by atoms with Crippen LogP contribution in [-0.4, -0.2) is 32.7 Å². The molecule has 0 aliphatic rings. The van der Waals surface area contributed by atoms with E-state index in [9.17, 15) is 19.8 Å². The van der Waals surface area contributed by atoms with Gasteiger partial charge in [0.1, 0.15) is 16.4 Å². The van der Waals surface area contributed by atoms with Crippen LogP contribution >= 0.6 is 11.3 Å². The van der Waals surface area contributed by atoms with E-state index < -0.39 is 11.9 Å². The van der Waals surface area contributed by atoms with Crippen molar-refractivity contribution >= 4 is 27.5 Å². The zero-order valence-corrected chi connectivity index (χ0v) is 14.5. The molecular weight excluding hydrogens is 342 g/mol. The summed E-state index contributed by atoms with van der Waals surface area (Å²) in [5.74, 6) is 0.133. The Morgan fingerprint density at radius 3 is 2.84 bits per heavy atom. The molecule has 1 atom stereocenters. The van der Waals surface area contributed by atoms with Crippen LogP contribution < -0.4 is 10.9 Å². The minimum atomic E-state index is -0.669. The Hall–Kier alpha value is -2.71. The van der Waals surface area contributed by atoms with Gasteiger partial charge in [-0.3, -0.25) is 9.59 Å². The molecule has 2 heterocycles. The molecule has 2 aromatic heterocycles. The lowest BCUT2D eigenvalue weighted by Gasteiger charge is -2.16. The number of hydrogen-bond acceptors (Lipinski definition) is 6. The number of hydrogen-bond donors (Lipinski definition) is 4. The molecule has 0 aliphatic heterocycles. The monoisotopic (exact) mass is 359 g/mol. The van der Waals surface area contributed by atoms with Gasteiger partial charge in [0.05, 0.1) is 22.9 Å². The number of aromatic hydroxyl groups is 1. The lowest BCUT2D eigenvalue weighted by molar-refractivity contribution is 0.0919. The third-order valence-electron chi connectivity index (χ3n) is 3.89. The fourth-order valence-electron chi connectivity index (χ4n) is 2.67. The van der Waals surface area contributed by atoms with E-state index in [-0.39, 0.29) is 17.9 Å². The fourth-order valence-corrected chi connectivity index (χ4v) is 3.80. The average molecular weight is 359 g/mol. The number of nitrogens with one attached hydrogen (secondary N) is 2. The number of fused-ring (bicyclic) bond motifs is 1. The van der Waals surface area contributed by atoms with Crippen LogP contribution in [0.3, 0.4) is 0 Å². The smallest absolute Gasteiger partial charge is 0.262 e. The zero-order chi connectivity index (χ0) is 18.1. The molecule has 0 bridgehead atoms. The third-order valence-corrected chi connectivity index (χ3v) is 5.07. The Balaban J connectivity index is 1.95. The Labute approximate surface area is 147 Å². The topological polar surface area (TPSA) is 115 Å². The van der Waals surface area contributed by atoms with Gasteiger partial charge in [-0.2, -0.15) is 0 Å². The summed E-state index contributed by atoms with van der Waals surface area (Å²) in [4.78, 5) is 32.5. The van der Waals surface area contributed by atoms with Gasteiger partial charge < -0.3 is 20.5 Å². The number of aliphatic hydroxyl groups excluding tert-OH is 1. The van der Waals surface area contributed by atoms with Crippen molar-refractivity contribution in [2.45, 2.75) is 19.9 Å². The predicted octanol–water partition coefficient (Wildman–Crippen LogP) is 1.77. The lowest BCUT2D eigenvalue weighted by atomic mass is 10.1. The van der Waals surface area contributed by atoms with E-state index in [0.29, 0.717) is 32.0 Å². The van der Waals surface area contributed by atoms with E-state index >= 15 is 0 Å². The van der Waals surface area contributed by atoms with Gasteiger partial charge >= 0.3 is 0 Å². The highest BCUT2D eigenvalue weighted by Gasteiger charge is 2.22. The first kappa shape index (κ1) is 17.1. The number of H-pyrrole nitrogens is 1. The largest absolute Gasteiger partial charge is 0.508 e. The maximum absolute atomic E-state index is 12.6. The molecule has 0 radical (unpaired) electrons. The first-order valence-corrected chi connectivity index (χ1v) is 8.43. The van der Waals surface area contributed by atoms with Gasteiger partial charge in [-0.25, -0.2) is 4.98 Å². The number of nitrogens with zero attached hydrogens (tertiary/aromatic N) is 1. The highest BCUT2D eigenvalue weighted by molar-refractivity contribution is 7.20. The zero-order valence-electron chi connectivity index (χ0n) is 13.7. The number of rotatable bonds is 4. The van der Waals surface area contributed by atoms with E-state index in [4.69, 9.17) is 0 Å². The van der Waals surface area contributed by atoms with Crippen molar-refractivity contribution in [3.8, 4) is 5.75 Å². The second kappa shape index (κ2) is 6.66. The van der Waals surface area contributed by atoms with Crippen LogP contribution in [0.4, 0.5) is 0 Å². The van der Waals surface area contributed by atoms with Crippen molar-refractivity contribution in [1.82, 2.24) is 15.3 Å². The summed E-state index contributed by atoms with van der Waals surface area (Å²) in [6.07, 6.45) is 0. The summed E-state index contributed by atoms with van der Waals surface area (Å²) in [6, 6.07) is 5.66. The van der Waals surface area contributed by atoms with Gasteiger partial charge in [0.25, 0.3) is 11.5 Å². The summed E-state index contributed by atoms with van der Waals surface area (Å²) < 4.78 is 0. The second-order valence-corrected chi connectivity index (χ2v) is 6.69. The number of aryl methyl sites for hydroxylation is 2. The molecule has 25 heavy (non-hydrogen) atoms. The number of benzene rings is 1. The van der Waals surface area contributed by atoms with Crippen LogP contribution in [0.15, 0.2) is 29.1 Å². The quantitative estimate of drug-likeness (QED) is 0.567. The standard InChI is InChI=1S/C17H17N3O4S/c1-8-13-15(23)18-9(2)19-17(13)25-14(8)16(24)20-12(7-21)10-4-3-5-11(22)6-10/h3-6,12,21-22H,7H2,1-2H3,(H,20,24)(H,18,19,23). The van der Waals surface area contributed by atoms with Crippen molar-refractivity contribution in [2.75, 3.05) is 6.61 Å². The molecule has 3 rings (SSSR count). The molecule has 0 saturated heterocycles. The van der Waals surface area contributed by atoms with Crippen LogP contribution in [0.2, 0.25) is 0 Å². The fraction of sp³-hybridized carbons (Fsp3) is 0.235. The molecule has 1 unspecified atom stereocenters. The van der Waals surface area contributed by atoms with E-state index in [1.165, 1.54) is 12.1 Å². The molecule has 0 spiro atoms. The van der Waals surface area contributed by atoms with Crippen molar-refractivity contribution in [3.63, 3.8) is 0 Å². The van der Waals surface area contributed by atoms with Crippen molar-refractivity contribution in [2.24, 2.45) is 0 Å². The number of aromatic amines is 1. The van der Waals surface area contributed by atoms with Crippen LogP contribution in [0.25, 0.3) is 10.2 Å². The van der Waals surface area contributed by atoms with Crippen molar-refractivity contribution in [3.05, 3.63) is 56.4 Å². The molecule has 1 aromatic carbocycles. The molecule has 0 aliphatic carbocycles. The van der Waals surface area contributed by atoms with Gasteiger partial charge in [-0.15, -0.1) is 11.3 Å². The maximum atomic E-state index is 12.6. The van der Waals surface area contributed by atoms with E-state index in [1.807, 2.05) is 0 Å². The van der Waals surface area contributed by atoms with Crippen LogP contribution in [0.1, 0.15) is 32.7 Å². The lowest BCUT2D eigenvalue weighted by Crippen LogP contribution is -2.30. The number of phenolic OH excluding ortho intramolecular Hbond substituents is 1. The highest BCUT2D eigenvalue weighted by atomic mass is 32.1. The van der Waals surface area contributed by atoms with Gasteiger partial charge in [0.15, 0.2) is 0 Å². The van der Waals surface area contributed by atoms with Crippen molar-refractivity contribution < 1.29 is 15.0 Å². The summed E-state index contributed by atoms with van der Waals surface area (Å²) in [5, 5.41) is 22.3. The highest BCUT2D eigenvalue weighted by Crippen LogP contribution is 2.27. The van der Waals surface area contributed by atoms with Gasteiger partial charge in [0, 0.05) is 0 Å². The Bertz CT molecular complexity index is 1010. The van der Waals surface area contributed by atoms with Gasteiger partial charge in [-0.1, -0.05) is 12.1 Å². The number of carbonyl (C=O) groups is 1. The Morgan fingerprint density at radius 2 is 2.16 bits per heavy atom. The minimum Gasteiger partial charge on any atom is -0.508 e. The number of aromatic nitrogens is 2. The average Bonchev–Trinajstić information content (AvgIpc) is 2.89. The Morgan fingerprint density at radius 1 is 1.40 bits per heavy atom. The first-order valence-electron chi connectivity index (χ1n) is 7.61. The minimum absolute atomic E-state index is 0.0504. The first-order chi connectivity index (χ1) is 11.9. The number of amides is 1. The molecule has 0 fully saturated rings. The number of aliphatic hydroxyl groups is 1. The normalized spacial score (nSPS) is 12.3. The van der Waals surface area contributed by atoms with Crippen LogP contribution in [0.5, 0.6) is 5.75 Å². The molecule has 4 N–H and O–H groups in total. The number of thiophene rings is 1.